The highest BCUT2D eigenvalue weighted by Crippen LogP contribution is 2.30. The zero-order valence-electron chi connectivity index (χ0n) is 11.0. The molecule has 0 aliphatic carbocycles. The number of piperidine rings is 1. The van der Waals surface area contributed by atoms with Crippen LogP contribution in [0.4, 0.5) is 0 Å². The van der Waals surface area contributed by atoms with E-state index in [0.717, 1.165) is 31.6 Å². The van der Waals surface area contributed by atoms with Crippen LogP contribution in [0.2, 0.25) is 0 Å². The molecule has 0 saturated carbocycles. The molecule has 18 heavy (non-hydrogen) atoms. The van der Waals surface area contributed by atoms with Crippen molar-refractivity contribution in [2.75, 3.05) is 26.8 Å². The van der Waals surface area contributed by atoms with Gasteiger partial charge in [0.1, 0.15) is 0 Å². The van der Waals surface area contributed by atoms with Crippen LogP contribution in [0.3, 0.4) is 0 Å². The lowest BCUT2D eigenvalue weighted by atomic mass is 9.97. The number of aromatic nitrogens is 1. The number of rotatable bonds is 4. The molecule has 0 spiro atoms. The number of hydrogen-bond donors (Lipinski definition) is 0. The Morgan fingerprint density at radius 3 is 2.83 bits per heavy atom. The van der Waals surface area contributed by atoms with Crippen molar-refractivity contribution in [3.05, 3.63) is 16.1 Å². The highest BCUT2D eigenvalue weighted by molar-refractivity contribution is 7.09. The average molecular weight is 268 g/mol. The quantitative estimate of drug-likeness (QED) is 0.840. The van der Waals surface area contributed by atoms with Gasteiger partial charge in [-0.3, -0.25) is 4.79 Å². The van der Waals surface area contributed by atoms with Gasteiger partial charge in [-0.25, -0.2) is 4.98 Å². The first kappa shape index (κ1) is 13.5. The number of thiazole rings is 1. The van der Waals surface area contributed by atoms with Crippen molar-refractivity contribution < 1.29 is 9.53 Å². The van der Waals surface area contributed by atoms with Crippen molar-refractivity contribution in [3.8, 4) is 0 Å². The summed E-state index contributed by atoms with van der Waals surface area (Å²) in [7, 11) is 1.63. The predicted octanol–water partition coefficient (Wildman–Crippen LogP) is 2.19. The van der Waals surface area contributed by atoms with Gasteiger partial charge in [0.05, 0.1) is 18.0 Å². The first-order valence-electron chi connectivity index (χ1n) is 6.39. The Bertz CT molecular complexity index is 397. The summed E-state index contributed by atoms with van der Waals surface area (Å²) in [5.74, 6) is 0.751. The number of nitrogens with zero attached hydrogens (tertiary/aromatic N) is 2. The van der Waals surface area contributed by atoms with Crippen LogP contribution < -0.4 is 0 Å². The topological polar surface area (TPSA) is 42.4 Å². The van der Waals surface area contributed by atoms with Crippen molar-refractivity contribution in [3.63, 3.8) is 0 Å². The van der Waals surface area contributed by atoms with Crippen molar-refractivity contribution >= 4 is 17.2 Å². The smallest absolute Gasteiger partial charge is 0.224 e. The summed E-state index contributed by atoms with van der Waals surface area (Å²) in [6, 6.07) is 0. The van der Waals surface area contributed by atoms with Crippen LogP contribution >= 0.6 is 11.3 Å². The van der Waals surface area contributed by atoms with E-state index in [4.69, 9.17) is 4.74 Å². The molecule has 0 N–H and O–H groups in total. The average Bonchev–Trinajstić information content (AvgIpc) is 2.83. The van der Waals surface area contributed by atoms with Crippen molar-refractivity contribution in [2.24, 2.45) is 0 Å². The fraction of sp³-hybridized carbons (Fsp3) is 0.692. The normalized spacial score (nSPS) is 17.1. The van der Waals surface area contributed by atoms with Crippen LogP contribution in [0.25, 0.3) is 0 Å². The van der Waals surface area contributed by atoms with Crippen LogP contribution in [0, 0.1) is 6.92 Å². The summed E-state index contributed by atoms with van der Waals surface area (Å²) in [5, 5.41) is 3.34. The Kier molecular flexibility index (Phi) is 4.72. The minimum atomic E-state index is 0.214. The van der Waals surface area contributed by atoms with Crippen molar-refractivity contribution in [1.29, 1.82) is 0 Å². The highest BCUT2D eigenvalue weighted by Gasteiger charge is 2.25. The van der Waals surface area contributed by atoms with Gasteiger partial charge >= 0.3 is 0 Å². The molecule has 4 nitrogen and oxygen atoms in total. The Labute approximate surface area is 112 Å². The molecule has 1 aromatic heterocycles. The molecule has 1 aliphatic rings. The van der Waals surface area contributed by atoms with Crippen LogP contribution in [-0.2, 0) is 9.53 Å². The van der Waals surface area contributed by atoms with Crippen molar-refractivity contribution in [2.45, 2.75) is 32.1 Å². The number of hydrogen-bond acceptors (Lipinski definition) is 4. The maximum atomic E-state index is 11.8. The summed E-state index contributed by atoms with van der Waals surface area (Å²) in [6.45, 7) is 4.26. The number of aryl methyl sites for hydroxylation is 1. The second-order valence-corrected chi connectivity index (χ2v) is 5.61. The molecule has 100 valence electrons. The monoisotopic (exact) mass is 268 g/mol. The Balaban J connectivity index is 1.82. The van der Waals surface area contributed by atoms with E-state index in [1.54, 1.807) is 18.4 Å². The molecule has 1 saturated heterocycles. The molecule has 5 heteroatoms. The van der Waals surface area contributed by atoms with Gasteiger partial charge in [-0.05, 0) is 19.8 Å². The number of carbonyl (C=O) groups excluding carboxylic acids is 1. The van der Waals surface area contributed by atoms with E-state index in [-0.39, 0.29) is 5.91 Å². The molecule has 2 rings (SSSR count). The molecule has 1 aromatic rings. The fourth-order valence-electron chi connectivity index (χ4n) is 2.28. The number of amides is 1. The van der Waals surface area contributed by atoms with E-state index in [1.165, 1.54) is 5.01 Å². The highest BCUT2D eigenvalue weighted by atomic mass is 32.1. The SMILES string of the molecule is COCCC(=O)N1CCC(c2nc(C)cs2)CC1. The maximum Gasteiger partial charge on any atom is 0.224 e. The zero-order valence-corrected chi connectivity index (χ0v) is 11.8. The molecule has 0 atom stereocenters. The molecule has 0 bridgehead atoms. The van der Waals surface area contributed by atoms with E-state index in [0.29, 0.717) is 18.9 Å². The fourth-order valence-corrected chi connectivity index (χ4v) is 3.25. The molecule has 0 aromatic carbocycles. The Morgan fingerprint density at radius 2 is 2.28 bits per heavy atom. The van der Waals surface area contributed by atoms with Gasteiger partial charge in [0.2, 0.25) is 5.91 Å². The van der Waals surface area contributed by atoms with Gasteiger partial charge in [-0.2, -0.15) is 0 Å². The van der Waals surface area contributed by atoms with E-state index in [9.17, 15) is 4.79 Å². The summed E-state index contributed by atoms with van der Waals surface area (Å²) in [4.78, 5) is 18.3. The number of carbonyl (C=O) groups is 1. The van der Waals surface area contributed by atoms with Gasteiger partial charge in [0.25, 0.3) is 0 Å². The summed E-state index contributed by atoms with van der Waals surface area (Å²) in [6.07, 6.45) is 2.56. The third-order valence-electron chi connectivity index (χ3n) is 3.35. The summed E-state index contributed by atoms with van der Waals surface area (Å²) in [5.41, 5.74) is 1.11. The van der Waals surface area contributed by atoms with Crippen LogP contribution in [0.1, 0.15) is 35.9 Å². The summed E-state index contributed by atoms with van der Waals surface area (Å²) < 4.78 is 4.94. The van der Waals surface area contributed by atoms with Crippen LogP contribution in [0.5, 0.6) is 0 Å². The second-order valence-electron chi connectivity index (χ2n) is 4.72. The maximum absolute atomic E-state index is 11.8. The molecular formula is C13H20N2O2S. The number of methoxy groups -OCH3 is 1. The van der Waals surface area contributed by atoms with E-state index in [2.05, 4.69) is 10.4 Å². The largest absolute Gasteiger partial charge is 0.384 e. The zero-order chi connectivity index (χ0) is 13.0. The molecule has 2 heterocycles. The van der Waals surface area contributed by atoms with Gasteiger partial charge < -0.3 is 9.64 Å². The third-order valence-corrected chi connectivity index (χ3v) is 4.48. The predicted molar refractivity (Wildman–Crippen MR) is 71.9 cm³/mol. The first-order chi connectivity index (χ1) is 8.70. The first-order valence-corrected chi connectivity index (χ1v) is 7.27. The van der Waals surface area contributed by atoms with Gasteiger partial charge in [-0.1, -0.05) is 0 Å². The van der Waals surface area contributed by atoms with E-state index in [1.807, 2.05) is 11.8 Å². The van der Waals surface area contributed by atoms with Gasteiger partial charge in [0, 0.05) is 37.2 Å². The molecule has 1 aliphatic heterocycles. The Hall–Kier alpha value is -0.940. The minimum absolute atomic E-state index is 0.214. The minimum Gasteiger partial charge on any atom is -0.384 e. The molecule has 0 radical (unpaired) electrons. The molecule has 1 fully saturated rings. The number of likely N-dealkylation sites (tertiary alicyclic amines) is 1. The van der Waals surface area contributed by atoms with Crippen LogP contribution in [-0.4, -0.2) is 42.6 Å². The van der Waals surface area contributed by atoms with Gasteiger partial charge in [-0.15, -0.1) is 11.3 Å². The lowest BCUT2D eigenvalue weighted by Gasteiger charge is -2.31. The summed E-state index contributed by atoms with van der Waals surface area (Å²) >= 11 is 1.75. The second kappa shape index (κ2) is 6.29. The lowest BCUT2D eigenvalue weighted by molar-refractivity contribution is -0.133. The lowest BCUT2D eigenvalue weighted by Crippen LogP contribution is -2.38. The third kappa shape index (κ3) is 3.29. The standard InChI is InChI=1S/C13H20N2O2S/c1-10-9-18-13(14-10)11-3-6-15(7-4-11)12(16)5-8-17-2/h9,11H,3-8H2,1-2H3. The molecular weight excluding hydrogens is 248 g/mol. The van der Waals surface area contributed by atoms with Gasteiger partial charge in [0.15, 0.2) is 0 Å². The van der Waals surface area contributed by atoms with Crippen molar-refractivity contribution in [1.82, 2.24) is 9.88 Å². The molecule has 0 unspecified atom stereocenters. The Morgan fingerprint density at radius 1 is 1.56 bits per heavy atom. The van der Waals surface area contributed by atoms with Crippen LogP contribution in [0.15, 0.2) is 5.38 Å². The number of ether oxygens (including phenoxy) is 1. The van der Waals surface area contributed by atoms with E-state index >= 15 is 0 Å². The van der Waals surface area contributed by atoms with E-state index < -0.39 is 0 Å². The molecule has 1 amide bonds.